The zero-order valence-corrected chi connectivity index (χ0v) is 14.0. The fourth-order valence-electron chi connectivity index (χ4n) is 2.66. The zero-order valence-electron chi connectivity index (χ0n) is 14.0. The number of amides is 1. The maximum atomic E-state index is 12.4. The van der Waals surface area contributed by atoms with Crippen LogP contribution in [0, 0.1) is 0 Å². The summed E-state index contributed by atoms with van der Waals surface area (Å²) in [5, 5.41) is 2.94. The van der Waals surface area contributed by atoms with Gasteiger partial charge in [0.2, 0.25) is 0 Å². The number of nitrogens with one attached hydrogen (secondary N) is 1. The minimum Gasteiger partial charge on any atom is -0.478 e. The van der Waals surface area contributed by atoms with Gasteiger partial charge in [-0.15, -0.1) is 0 Å². The smallest absolute Gasteiger partial charge is 0.251 e. The monoisotopic (exact) mass is 319 g/mol. The molecule has 1 aliphatic rings. The average molecular weight is 319 g/mol. The SMILES string of the molecule is C=CC1(C)Oc2ccc(C(=O)NCc3ccccc3)cc2C=C1C. The highest BCUT2D eigenvalue weighted by molar-refractivity contribution is 5.95. The molecule has 1 unspecified atom stereocenters. The van der Waals surface area contributed by atoms with Crippen LogP contribution in [0.2, 0.25) is 0 Å². The van der Waals surface area contributed by atoms with E-state index in [1.54, 1.807) is 12.1 Å². The Bertz CT molecular complexity index is 808. The Morgan fingerprint density at radius 2 is 2.00 bits per heavy atom. The Morgan fingerprint density at radius 1 is 1.25 bits per heavy atom. The van der Waals surface area contributed by atoms with Gasteiger partial charge in [0.05, 0.1) is 0 Å². The molecule has 1 N–H and O–H groups in total. The third kappa shape index (κ3) is 3.11. The second-order valence-corrected chi connectivity index (χ2v) is 6.16. The topological polar surface area (TPSA) is 38.3 Å². The zero-order chi connectivity index (χ0) is 17.2. The summed E-state index contributed by atoms with van der Waals surface area (Å²) >= 11 is 0. The van der Waals surface area contributed by atoms with Crippen molar-refractivity contribution < 1.29 is 9.53 Å². The highest BCUT2D eigenvalue weighted by atomic mass is 16.5. The summed E-state index contributed by atoms with van der Waals surface area (Å²) in [5.41, 5.74) is 3.18. The molecule has 2 aromatic rings. The van der Waals surface area contributed by atoms with Crippen molar-refractivity contribution in [2.24, 2.45) is 0 Å². The summed E-state index contributed by atoms with van der Waals surface area (Å²) in [4.78, 5) is 12.4. The Kier molecular flexibility index (Phi) is 4.26. The first-order valence-electron chi connectivity index (χ1n) is 7.99. The van der Waals surface area contributed by atoms with Gasteiger partial charge in [-0.05, 0) is 55.3 Å². The quantitative estimate of drug-likeness (QED) is 0.851. The first kappa shape index (κ1) is 16.1. The predicted octanol–water partition coefficient (Wildman–Crippen LogP) is 4.36. The molecule has 1 atom stereocenters. The highest BCUT2D eigenvalue weighted by Gasteiger charge is 2.29. The van der Waals surface area contributed by atoms with E-state index in [2.05, 4.69) is 18.0 Å². The minimum atomic E-state index is -0.496. The molecule has 0 bridgehead atoms. The van der Waals surface area contributed by atoms with Crippen molar-refractivity contribution in [1.29, 1.82) is 0 Å². The number of rotatable bonds is 4. The van der Waals surface area contributed by atoms with Crippen molar-refractivity contribution in [3.05, 3.63) is 83.4 Å². The molecule has 0 saturated heterocycles. The first-order chi connectivity index (χ1) is 11.5. The Labute approximate surface area is 142 Å². The number of ether oxygens (including phenoxy) is 1. The Morgan fingerprint density at radius 3 is 2.71 bits per heavy atom. The van der Waals surface area contributed by atoms with Crippen LogP contribution >= 0.6 is 0 Å². The molecule has 3 rings (SSSR count). The Hall–Kier alpha value is -2.81. The van der Waals surface area contributed by atoms with Gasteiger partial charge in [-0.3, -0.25) is 4.79 Å². The lowest BCUT2D eigenvalue weighted by atomic mass is 9.91. The molecule has 1 amide bonds. The predicted molar refractivity (Wildman–Crippen MR) is 96.9 cm³/mol. The molecule has 24 heavy (non-hydrogen) atoms. The van der Waals surface area contributed by atoms with Crippen molar-refractivity contribution in [2.45, 2.75) is 26.0 Å². The van der Waals surface area contributed by atoms with Gasteiger partial charge in [0, 0.05) is 17.7 Å². The maximum Gasteiger partial charge on any atom is 0.251 e. The van der Waals surface area contributed by atoms with Crippen LogP contribution in [0.15, 0.2) is 66.8 Å². The molecule has 0 aliphatic carbocycles. The van der Waals surface area contributed by atoms with Crippen LogP contribution < -0.4 is 10.1 Å². The second-order valence-electron chi connectivity index (χ2n) is 6.16. The van der Waals surface area contributed by atoms with Crippen LogP contribution in [0.3, 0.4) is 0 Å². The molecule has 0 fully saturated rings. The van der Waals surface area contributed by atoms with E-state index in [1.807, 2.05) is 56.3 Å². The van der Waals surface area contributed by atoms with Gasteiger partial charge < -0.3 is 10.1 Å². The van der Waals surface area contributed by atoms with Crippen molar-refractivity contribution in [2.75, 3.05) is 0 Å². The maximum absolute atomic E-state index is 12.4. The van der Waals surface area contributed by atoms with E-state index in [1.165, 1.54) is 0 Å². The number of hydrogen-bond donors (Lipinski definition) is 1. The number of carbonyl (C=O) groups is 1. The normalized spacial score (nSPS) is 18.8. The fraction of sp³-hybridized carbons (Fsp3) is 0.190. The van der Waals surface area contributed by atoms with Crippen molar-refractivity contribution in [3.8, 4) is 5.75 Å². The van der Waals surface area contributed by atoms with Crippen molar-refractivity contribution in [3.63, 3.8) is 0 Å². The third-order valence-corrected chi connectivity index (χ3v) is 4.43. The molecule has 0 radical (unpaired) electrons. The second kappa shape index (κ2) is 6.36. The molecule has 2 aromatic carbocycles. The number of carbonyl (C=O) groups excluding carboxylic acids is 1. The Balaban J connectivity index is 1.77. The molecule has 0 spiro atoms. The number of benzene rings is 2. The summed E-state index contributed by atoms with van der Waals surface area (Å²) in [7, 11) is 0. The van der Waals surface area contributed by atoms with Crippen LogP contribution in [0.1, 0.15) is 35.3 Å². The summed E-state index contributed by atoms with van der Waals surface area (Å²) in [5.74, 6) is 0.673. The molecule has 0 saturated carbocycles. The van der Waals surface area contributed by atoms with E-state index in [9.17, 15) is 4.79 Å². The minimum absolute atomic E-state index is 0.0928. The van der Waals surface area contributed by atoms with E-state index in [-0.39, 0.29) is 5.91 Å². The van der Waals surface area contributed by atoms with Gasteiger partial charge in [-0.2, -0.15) is 0 Å². The van der Waals surface area contributed by atoms with E-state index in [0.29, 0.717) is 12.1 Å². The van der Waals surface area contributed by atoms with Gasteiger partial charge in [0.15, 0.2) is 0 Å². The first-order valence-corrected chi connectivity index (χ1v) is 7.99. The lowest BCUT2D eigenvalue weighted by Crippen LogP contribution is -2.33. The van der Waals surface area contributed by atoms with Crippen LogP contribution in [0.25, 0.3) is 6.08 Å². The standard InChI is InChI=1S/C21H21NO2/c1-4-21(3)15(2)12-18-13-17(10-11-19(18)24-21)20(23)22-14-16-8-6-5-7-9-16/h4-13H,1,14H2,2-3H3,(H,22,23). The summed E-state index contributed by atoms with van der Waals surface area (Å²) in [6.45, 7) is 8.35. The molecule has 1 heterocycles. The number of hydrogen-bond acceptors (Lipinski definition) is 2. The van der Waals surface area contributed by atoms with Gasteiger partial charge in [0.1, 0.15) is 11.4 Å². The van der Waals surface area contributed by atoms with E-state index >= 15 is 0 Å². The average Bonchev–Trinajstić information content (AvgIpc) is 2.61. The van der Waals surface area contributed by atoms with Gasteiger partial charge in [-0.1, -0.05) is 36.9 Å². The van der Waals surface area contributed by atoms with Gasteiger partial charge >= 0.3 is 0 Å². The molecule has 122 valence electrons. The molecular weight excluding hydrogens is 298 g/mol. The summed E-state index contributed by atoms with van der Waals surface area (Å²) in [6, 6.07) is 15.4. The van der Waals surface area contributed by atoms with E-state index in [4.69, 9.17) is 4.74 Å². The van der Waals surface area contributed by atoms with Crippen LogP contribution in [0.5, 0.6) is 5.75 Å². The third-order valence-electron chi connectivity index (χ3n) is 4.43. The lowest BCUT2D eigenvalue weighted by molar-refractivity contribution is 0.0950. The van der Waals surface area contributed by atoms with Gasteiger partial charge in [-0.25, -0.2) is 0 Å². The van der Waals surface area contributed by atoms with Crippen molar-refractivity contribution >= 4 is 12.0 Å². The van der Waals surface area contributed by atoms with Gasteiger partial charge in [0.25, 0.3) is 5.91 Å². The lowest BCUT2D eigenvalue weighted by Gasteiger charge is -2.33. The number of fused-ring (bicyclic) bond motifs is 1. The molecule has 3 nitrogen and oxygen atoms in total. The largest absolute Gasteiger partial charge is 0.478 e. The van der Waals surface area contributed by atoms with Crippen molar-refractivity contribution in [1.82, 2.24) is 5.32 Å². The highest BCUT2D eigenvalue weighted by Crippen LogP contribution is 2.36. The van der Waals surface area contributed by atoms with Crippen LogP contribution in [-0.4, -0.2) is 11.5 Å². The molecule has 0 aromatic heterocycles. The molecular formula is C21H21NO2. The molecule has 1 aliphatic heterocycles. The van der Waals surface area contributed by atoms with E-state index in [0.717, 1.165) is 22.4 Å². The summed E-state index contributed by atoms with van der Waals surface area (Å²) < 4.78 is 6.03. The fourth-order valence-corrected chi connectivity index (χ4v) is 2.66. The van der Waals surface area contributed by atoms with Crippen LogP contribution in [0.4, 0.5) is 0 Å². The molecule has 3 heteroatoms. The van der Waals surface area contributed by atoms with E-state index < -0.39 is 5.60 Å². The summed E-state index contributed by atoms with van der Waals surface area (Å²) in [6.07, 6.45) is 3.84. The van der Waals surface area contributed by atoms with Crippen LogP contribution in [-0.2, 0) is 6.54 Å².